The Morgan fingerprint density at radius 2 is 2.12 bits per heavy atom. The fourth-order valence-electron chi connectivity index (χ4n) is 3.20. The zero-order chi connectivity index (χ0) is 18.2. The highest BCUT2D eigenvalue weighted by Crippen LogP contribution is 2.27. The summed E-state index contributed by atoms with van der Waals surface area (Å²) in [5, 5.41) is 8.97. The lowest BCUT2D eigenvalue weighted by molar-refractivity contribution is 0.249. The van der Waals surface area contributed by atoms with Crippen molar-refractivity contribution in [2.75, 3.05) is 33.8 Å². The number of aromatic nitrogens is 1. The Balaban J connectivity index is 1.56. The van der Waals surface area contributed by atoms with Crippen LogP contribution in [0, 0.1) is 0 Å². The van der Waals surface area contributed by atoms with Gasteiger partial charge in [-0.2, -0.15) is 0 Å². The number of ether oxygens (including phenoxy) is 1. The molecule has 2 aromatic heterocycles. The van der Waals surface area contributed by atoms with E-state index >= 15 is 0 Å². The molecule has 1 saturated heterocycles. The van der Waals surface area contributed by atoms with Crippen LogP contribution in [-0.4, -0.2) is 49.6 Å². The van der Waals surface area contributed by atoms with Crippen LogP contribution in [0.2, 0.25) is 0 Å². The second kappa shape index (κ2) is 9.54. The molecule has 1 fully saturated rings. The van der Waals surface area contributed by atoms with E-state index in [4.69, 9.17) is 4.74 Å². The van der Waals surface area contributed by atoms with Crippen molar-refractivity contribution in [3.8, 4) is 5.88 Å². The number of methoxy groups -OCH3 is 1. The van der Waals surface area contributed by atoms with Crippen molar-refractivity contribution >= 4 is 17.3 Å². The average molecular weight is 374 g/mol. The van der Waals surface area contributed by atoms with Gasteiger partial charge in [-0.25, -0.2) is 4.98 Å². The van der Waals surface area contributed by atoms with Crippen LogP contribution in [0.5, 0.6) is 5.88 Å². The molecule has 26 heavy (non-hydrogen) atoms. The summed E-state index contributed by atoms with van der Waals surface area (Å²) in [6.07, 6.45) is 2.58. The summed E-state index contributed by atoms with van der Waals surface area (Å²) in [6.45, 7) is 3.78. The number of thiophene rings is 1. The molecule has 7 heteroatoms. The first-order chi connectivity index (χ1) is 12.8. The van der Waals surface area contributed by atoms with Gasteiger partial charge in [0.2, 0.25) is 5.88 Å². The number of aliphatic imine (C=N–C) groups is 1. The molecule has 1 aliphatic rings. The third-order valence-electron chi connectivity index (χ3n) is 4.57. The molecule has 0 amide bonds. The minimum absolute atomic E-state index is 0.394. The fraction of sp³-hybridized carbons (Fsp3) is 0.474. The first-order valence-corrected chi connectivity index (χ1v) is 9.90. The predicted octanol–water partition coefficient (Wildman–Crippen LogP) is 2.65. The molecule has 1 unspecified atom stereocenters. The van der Waals surface area contributed by atoms with E-state index in [-0.39, 0.29) is 0 Å². The minimum Gasteiger partial charge on any atom is -0.481 e. The van der Waals surface area contributed by atoms with Gasteiger partial charge in [0.1, 0.15) is 0 Å². The van der Waals surface area contributed by atoms with Gasteiger partial charge in [-0.05, 0) is 43.4 Å². The van der Waals surface area contributed by atoms with E-state index in [0.29, 0.717) is 18.5 Å². The summed E-state index contributed by atoms with van der Waals surface area (Å²) in [4.78, 5) is 12.7. The summed E-state index contributed by atoms with van der Waals surface area (Å²) < 4.78 is 5.18. The summed E-state index contributed by atoms with van der Waals surface area (Å²) in [6, 6.07) is 10.5. The van der Waals surface area contributed by atoms with Crippen LogP contribution in [0.3, 0.4) is 0 Å². The van der Waals surface area contributed by atoms with Crippen molar-refractivity contribution in [2.24, 2.45) is 4.99 Å². The molecular formula is C19H27N5OS. The number of guanidine groups is 1. The van der Waals surface area contributed by atoms with E-state index in [1.165, 1.54) is 30.8 Å². The van der Waals surface area contributed by atoms with Crippen molar-refractivity contribution in [3.63, 3.8) is 0 Å². The zero-order valence-electron chi connectivity index (χ0n) is 15.4. The van der Waals surface area contributed by atoms with E-state index in [1.807, 2.05) is 29.5 Å². The van der Waals surface area contributed by atoms with Gasteiger partial charge in [-0.15, -0.1) is 11.3 Å². The topological polar surface area (TPSA) is 61.8 Å². The Morgan fingerprint density at radius 3 is 2.81 bits per heavy atom. The molecule has 1 atom stereocenters. The van der Waals surface area contributed by atoms with Gasteiger partial charge in [0, 0.05) is 24.5 Å². The summed E-state index contributed by atoms with van der Waals surface area (Å²) >= 11 is 1.83. The molecule has 6 nitrogen and oxygen atoms in total. The van der Waals surface area contributed by atoms with Crippen molar-refractivity contribution in [1.82, 2.24) is 20.5 Å². The molecule has 140 valence electrons. The van der Waals surface area contributed by atoms with Crippen LogP contribution >= 0.6 is 11.3 Å². The van der Waals surface area contributed by atoms with Gasteiger partial charge in [0.25, 0.3) is 0 Å². The first-order valence-electron chi connectivity index (χ1n) is 9.02. The van der Waals surface area contributed by atoms with Crippen molar-refractivity contribution < 1.29 is 4.74 Å². The Labute approximate surface area is 159 Å². The molecule has 0 saturated carbocycles. The Morgan fingerprint density at radius 1 is 1.27 bits per heavy atom. The van der Waals surface area contributed by atoms with Gasteiger partial charge in [-0.3, -0.25) is 9.89 Å². The number of nitrogens with one attached hydrogen (secondary N) is 2. The number of hydrogen-bond donors (Lipinski definition) is 2. The van der Waals surface area contributed by atoms with Gasteiger partial charge in [-0.1, -0.05) is 12.1 Å². The zero-order valence-corrected chi connectivity index (χ0v) is 16.3. The molecule has 2 N–H and O–H groups in total. The molecule has 3 heterocycles. The maximum atomic E-state index is 5.18. The molecule has 2 aromatic rings. The highest BCUT2D eigenvalue weighted by Gasteiger charge is 2.24. The molecular weight excluding hydrogens is 346 g/mol. The van der Waals surface area contributed by atoms with Gasteiger partial charge < -0.3 is 15.4 Å². The second-order valence-corrected chi connectivity index (χ2v) is 7.23. The highest BCUT2D eigenvalue weighted by molar-refractivity contribution is 7.10. The van der Waals surface area contributed by atoms with Gasteiger partial charge in [0.05, 0.1) is 25.4 Å². The Bertz CT molecular complexity index is 698. The molecule has 0 bridgehead atoms. The SMILES string of the molecule is CN=C(NCc1cccc(OC)n1)NCC(c1cccs1)N1CCCC1. The maximum absolute atomic E-state index is 5.18. The maximum Gasteiger partial charge on any atom is 0.213 e. The van der Waals surface area contributed by atoms with Gasteiger partial charge >= 0.3 is 0 Å². The monoisotopic (exact) mass is 373 g/mol. The molecule has 0 aliphatic carbocycles. The van der Waals surface area contributed by atoms with E-state index in [2.05, 4.69) is 43.0 Å². The van der Waals surface area contributed by atoms with Crippen LogP contribution in [0.1, 0.15) is 29.5 Å². The third kappa shape index (κ3) is 4.95. The van der Waals surface area contributed by atoms with Crippen LogP contribution in [0.4, 0.5) is 0 Å². The number of likely N-dealkylation sites (tertiary alicyclic amines) is 1. The third-order valence-corrected chi connectivity index (χ3v) is 5.54. The highest BCUT2D eigenvalue weighted by atomic mass is 32.1. The Kier molecular flexibility index (Phi) is 6.85. The average Bonchev–Trinajstić information content (AvgIpc) is 3.39. The number of rotatable bonds is 7. The van der Waals surface area contributed by atoms with Crippen molar-refractivity contribution in [2.45, 2.75) is 25.4 Å². The lowest BCUT2D eigenvalue weighted by Crippen LogP contribution is -2.42. The molecule has 1 aliphatic heterocycles. The molecule has 0 radical (unpaired) electrons. The lowest BCUT2D eigenvalue weighted by Gasteiger charge is -2.27. The van der Waals surface area contributed by atoms with Crippen LogP contribution in [0.25, 0.3) is 0 Å². The summed E-state index contributed by atoms with van der Waals surface area (Å²) in [5.74, 6) is 1.41. The summed E-state index contributed by atoms with van der Waals surface area (Å²) in [5.41, 5.74) is 0.918. The second-order valence-electron chi connectivity index (χ2n) is 6.25. The first kappa shape index (κ1) is 18.7. The largest absolute Gasteiger partial charge is 0.481 e. The number of pyridine rings is 1. The standard InChI is InChI=1S/C19H27N5OS/c1-20-19(21-13-15-7-5-9-18(23-15)25-2)22-14-16(17-8-6-12-26-17)24-10-3-4-11-24/h5-9,12,16H,3-4,10-11,13-14H2,1-2H3,(H2,20,21,22). The van der Waals surface area contributed by atoms with Gasteiger partial charge in [0.15, 0.2) is 5.96 Å². The smallest absolute Gasteiger partial charge is 0.213 e. The van der Waals surface area contributed by atoms with E-state index in [9.17, 15) is 0 Å². The molecule has 0 aromatic carbocycles. The van der Waals surface area contributed by atoms with Crippen LogP contribution in [-0.2, 0) is 6.54 Å². The predicted molar refractivity (Wildman–Crippen MR) is 107 cm³/mol. The normalized spacial score (nSPS) is 16.5. The van der Waals surface area contributed by atoms with E-state index in [1.54, 1.807) is 14.2 Å². The number of hydrogen-bond acceptors (Lipinski definition) is 5. The van der Waals surface area contributed by atoms with E-state index in [0.717, 1.165) is 18.2 Å². The van der Waals surface area contributed by atoms with Crippen LogP contribution in [0.15, 0.2) is 40.7 Å². The quantitative estimate of drug-likeness (QED) is 0.577. The van der Waals surface area contributed by atoms with Crippen molar-refractivity contribution in [1.29, 1.82) is 0 Å². The van der Waals surface area contributed by atoms with Crippen molar-refractivity contribution in [3.05, 3.63) is 46.3 Å². The summed E-state index contributed by atoms with van der Waals surface area (Å²) in [7, 11) is 3.42. The Hall–Kier alpha value is -2.12. The molecule has 0 spiro atoms. The molecule has 3 rings (SSSR count). The fourth-order valence-corrected chi connectivity index (χ4v) is 4.06. The van der Waals surface area contributed by atoms with E-state index < -0.39 is 0 Å². The minimum atomic E-state index is 0.394. The van der Waals surface area contributed by atoms with Crippen LogP contribution < -0.4 is 15.4 Å². The number of nitrogens with zero attached hydrogens (tertiary/aromatic N) is 3. The lowest BCUT2D eigenvalue weighted by atomic mass is 10.2.